The van der Waals surface area contributed by atoms with Gasteiger partial charge in [0.05, 0.1) is 6.61 Å². The molecule has 2 nitrogen and oxygen atoms in total. The smallest absolute Gasteiger partial charge is 0.122 e. The monoisotopic (exact) mass is 281 g/mol. The molecule has 0 bridgehead atoms. The van der Waals surface area contributed by atoms with Crippen molar-refractivity contribution >= 4 is 0 Å². The lowest BCUT2D eigenvalue weighted by Gasteiger charge is -2.27. The number of para-hydroxylation sites is 1. The molecule has 1 heterocycles. The SMILES string of the molecule is Cc1ccc(C(C)NCC2CCOc3ccccc32)cc1. The predicted molar refractivity (Wildman–Crippen MR) is 86.9 cm³/mol. The Morgan fingerprint density at radius 3 is 2.71 bits per heavy atom. The van der Waals surface area contributed by atoms with Crippen molar-refractivity contribution in [1.82, 2.24) is 5.32 Å². The van der Waals surface area contributed by atoms with Gasteiger partial charge in [-0.1, -0.05) is 48.0 Å². The molecule has 21 heavy (non-hydrogen) atoms. The standard InChI is InChI=1S/C19H23NO/c1-14-7-9-16(10-8-14)15(2)20-13-17-11-12-21-19-6-4-3-5-18(17)19/h3-10,15,17,20H,11-13H2,1-2H3. The predicted octanol–water partition coefficient (Wildman–Crippen LogP) is 4.21. The summed E-state index contributed by atoms with van der Waals surface area (Å²) < 4.78 is 5.73. The highest BCUT2D eigenvalue weighted by Crippen LogP contribution is 2.33. The molecule has 0 aromatic heterocycles. The van der Waals surface area contributed by atoms with E-state index < -0.39 is 0 Å². The first-order valence-electron chi connectivity index (χ1n) is 7.75. The molecule has 2 heteroatoms. The van der Waals surface area contributed by atoms with Crippen LogP contribution in [0.1, 0.15) is 42.0 Å². The van der Waals surface area contributed by atoms with Crippen molar-refractivity contribution in [2.45, 2.75) is 32.2 Å². The van der Waals surface area contributed by atoms with E-state index in [4.69, 9.17) is 4.74 Å². The quantitative estimate of drug-likeness (QED) is 0.906. The lowest BCUT2D eigenvalue weighted by atomic mass is 9.92. The summed E-state index contributed by atoms with van der Waals surface area (Å²) in [5, 5.41) is 3.67. The summed E-state index contributed by atoms with van der Waals surface area (Å²) >= 11 is 0. The van der Waals surface area contributed by atoms with E-state index in [1.807, 2.05) is 6.07 Å². The lowest BCUT2D eigenvalue weighted by Crippen LogP contribution is -2.28. The molecule has 1 aliphatic heterocycles. The molecular formula is C19H23NO. The first-order chi connectivity index (χ1) is 10.2. The molecule has 2 aromatic rings. The van der Waals surface area contributed by atoms with Crippen LogP contribution in [0.3, 0.4) is 0 Å². The summed E-state index contributed by atoms with van der Waals surface area (Å²) in [5.74, 6) is 1.60. The molecule has 0 radical (unpaired) electrons. The first-order valence-corrected chi connectivity index (χ1v) is 7.75. The number of nitrogens with one attached hydrogen (secondary N) is 1. The summed E-state index contributed by atoms with van der Waals surface area (Å²) in [5.41, 5.74) is 4.00. The van der Waals surface area contributed by atoms with Crippen molar-refractivity contribution in [2.24, 2.45) is 0 Å². The van der Waals surface area contributed by atoms with E-state index in [-0.39, 0.29) is 0 Å². The largest absolute Gasteiger partial charge is 0.493 e. The zero-order chi connectivity index (χ0) is 14.7. The Morgan fingerprint density at radius 2 is 1.90 bits per heavy atom. The van der Waals surface area contributed by atoms with Crippen molar-refractivity contribution in [2.75, 3.05) is 13.2 Å². The zero-order valence-electron chi connectivity index (χ0n) is 12.8. The number of ether oxygens (including phenoxy) is 1. The van der Waals surface area contributed by atoms with Crippen molar-refractivity contribution in [3.8, 4) is 5.75 Å². The number of hydrogen-bond acceptors (Lipinski definition) is 2. The Labute approximate surface area is 127 Å². The number of hydrogen-bond donors (Lipinski definition) is 1. The topological polar surface area (TPSA) is 21.3 Å². The third-order valence-corrected chi connectivity index (χ3v) is 4.33. The summed E-state index contributed by atoms with van der Waals surface area (Å²) in [7, 11) is 0. The van der Waals surface area contributed by atoms with Gasteiger partial charge in [-0.15, -0.1) is 0 Å². The third-order valence-electron chi connectivity index (χ3n) is 4.33. The van der Waals surface area contributed by atoms with Crippen LogP contribution < -0.4 is 10.1 Å². The fourth-order valence-electron chi connectivity index (χ4n) is 2.92. The second-order valence-electron chi connectivity index (χ2n) is 5.91. The van der Waals surface area contributed by atoms with Gasteiger partial charge in [0.1, 0.15) is 5.75 Å². The second-order valence-corrected chi connectivity index (χ2v) is 5.91. The van der Waals surface area contributed by atoms with Crippen molar-refractivity contribution in [3.05, 3.63) is 65.2 Å². The van der Waals surface area contributed by atoms with Gasteiger partial charge in [0.2, 0.25) is 0 Å². The van der Waals surface area contributed by atoms with Crippen molar-refractivity contribution in [3.63, 3.8) is 0 Å². The van der Waals surface area contributed by atoms with Gasteiger partial charge < -0.3 is 10.1 Å². The van der Waals surface area contributed by atoms with Crippen LogP contribution >= 0.6 is 0 Å². The van der Waals surface area contributed by atoms with Crippen molar-refractivity contribution < 1.29 is 4.74 Å². The molecule has 1 aliphatic rings. The molecule has 0 fully saturated rings. The highest BCUT2D eigenvalue weighted by atomic mass is 16.5. The van der Waals surface area contributed by atoms with Gasteiger partial charge in [0, 0.05) is 18.5 Å². The minimum absolute atomic E-state index is 0.376. The normalized spacial score (nSPS) is 18.7. The number of rotatable bonds is 4. The lowest BCUT2D eigenvalue weighted by molar-refractivity contribution is 0.263. The third kappa shape index (κ3) is 3.27. The fourth-order valence-corrected chi connectivity index (χ4v) is 2.92. The number of fused-ring (bicyclic) bond motifs is 1. The molecule has 3 rings (SSSR count). The number of aryl methyl sites for hydroxylation is 1. The van der Waals surface area contributed by atoms with Gasteiger partial charge in [-0.3, -0.25) is 0 Å². The van der Waals surface area contributed by atoms with Crippen molar-refractivity contribution in [1.29, 1.82) is 0 Å². The van der Waals surface area contributed by atoms with E-state index in [1.165, 1.54) is 16.7 Å². The van der Waals surface area contributed by atoms with E-state index >= 15 is 0 Å². The second kappa shape index (κ2) is 6.31. The summed E-state index contributed by atoms with van der Waals surface area (Å²) in [6, 6.07) is 17.6. The van der Waals surface area contributed by atoms with E-state index in [2.05, 4.69) is 61.6 Å². The van der Waals surface area contributed by atoms with Gasteiger partial charge in [-0.05, 0) is 37.5 Å². The molecule has 0 saturated heterocycles. The Morgan fingerprint density at radius 1 is 1.14 bits per heavy atom. The Bertz CT molecular complexity index is 591. The van der Waals surface area contributed by atoms with Crippen LogP contribution in [0.15, 0.2) is 48.5 Å². The molecule has 2 aromatic carbocycles. The highest BCUT2D eigenvalue weighted by molar-refractivity contribution is 5.38. The van der Waals surface area contributed by atoms with Gasteiger partial charge in [-0.25, -0.2) is 0 Å². The molecule has 1 N–H and O–H groups in total. The van der Waals surface area contributed by atoms with Gasteiger partial charge >= 0.3 is 0 Å². The Hall–Kier alpha value is -1.80. The molecule has 0 amide bonds. The van der Waals surface area contributed by atoms with E-state index in [1.54, 1.807) is 0 Å². The molecule has 110 valence electrons. The molecule has 2 atom stereocenters. The minimum atomic E-state index is 0.376. The molecule has 0 spiro atoms. The summed E-state index contributed by atoms with van der Waals surface area (Å²) in [6.07, 6.45) is 1.09. The number of benzene rings is 2. The van der Waals surface area contributed by atoms with Gasteiger partial charge in [0.25, 0.3) is 0 Å². The maximum absolute atomic E-state index is 5.73. The summed E-state index contributed by atoms with van der Waals surface area (Å²) in [6.45, 7) is 6.18. The van der Waals surface area contributed by atoms with Crippen LogP contribution in [0.25, 0.3) is 0 Å². The average molecular weight is 281 g/mol. The average Bonchev–Trinajstić information content (AvgIpc) is 2.53. The molecule has 0 aliphatic carbocycles. The fraction of sp³-hybridized carbons (Fsp3) is 0.368. The summed E-state index contributed by atoms with van der Waals surface area (Å²) in [4.78, 5) is 0. The van der Waals surface area contributed by atoms with Crippen LogP contribution in [-0.4, -0.2) is 13.2 Å². The zero-order valence-corrected chi connectivity index (χ0v) is 12.8. The van der Waals surface area contributed by atoms with E-state index in [0.29, 0.717) is 12.0 Å². The maximum atomic E-state index is 5.73. The Balaban J connectivity index is 1.64. The van der Waals surface area contributed by atoms with Crippen LogP contribution in [0.5, 0.6) is 5.75 Å². The van der Waals surface area contributed by atoms with Crippen LogP contribution in [0.2, 0.25) is 0 Å². The molecule has 0 saturated carbocycles. The van der Waals surface area contributed by atoms with E-state index in [9.17, 15) is 0 Å². The minimum Gasteiger partial charge on any atom is -0.493 e. The highest BCUT2D eigenvalue weighted by Gasteiger charge is 2.21. The van der Waals surface area contributed by atoms with Crippen LogP contribution in [0.4, 0.5) is 0 Å². The van der Waals surface area contributed by atoms with Gasteiger partial charge in [0.15, 0.2) is 0 Å². The van der Waals surface area contributed by atoms with Gasteiger partial charge in [-0.2, -0.15) is 0 Å². The Kier molecular flexibility index (Phi) is 4.26. The maximum Gasteiger partial charge on any atom is 0.122 e. The van der Waals surface area contributed by atoms with E-state index in [0.717, 1.165) is 25.3 Å². The first kappa shape index (κ1) is 14.2. The molecule has 2 unspecified atom stereocenters. The van der Waals surface area contributed by atoms with Crippen LogP contribution in [0, 0.1) is 6.92 Å². The van der Waals surface area contributed by atoms with Crippen LogP contribution in [-0.2, 0) is 0 Å². The molecular weight excluding hydrogens is 258 g/mol.